The highest BCUT2D eigenvalue weighted by Gasteiger charge is 2.25. The summed E-state index contributed by atoms with van der Waals surface area (Å²) in [5.41, 5.74) is 0.731. The number of carbonyl (C=O) groups excluding carboxylic acids is 1. The lowest BCUT2D eigenvalue weighted by Crippen LogP contribution is -2.35. The first kappa shape index (κ1) is 17.1. The first-order valence-corrected chi connectivity index (χ1v) is 6.87. The molecule has 0 spiro atoms. The number of carbonyl (C=O) groups is 2. The quantitative estimate of drug-likeness (QED) is 0.877. The fourth-order valence-corrected chi connectivity index (χ4v) is 2.14. The minimum Gasteiger partial charge on any atom is -0.481 e. The SMILES string of the molecule is Cc1ccc(F)cc1C(=O)NCC(CC(C)(C)C)C(=O)O. The predicted octanol–water partition coefficient (Wildman–Crippen LogP) is 3.00. The lowest BCUT2D eigenvalue weighted by Gasteiger charge is -2.23. The fourth-order valence-electron chi connectivity index (χ4n) is 2.14. The summed E-state index contributed by atoms with van der Waals surface area (Å²) in [6, 6.07) is 3.96. The molecule has 0 saturated carbocycles. The molecule has 1 aromatic carbocycles. The van der Waals surface area contributed by atoms with Gasteiger partial charge in [0.05, 0.1) is 5.92 Å². The van der Waals surface area contributed by atoms with E-state index in [9.17, 15) is 19.1 Å². The molecule has 0 fully saturated rings. The Kier molecular flexibility index (Phi) is 5.47. The number of hydrogen-bond acceptors (Lipinski definition) is 2. The van der Waals surface area contributed by atoms with Gasteiger partial charge in [0.15, 0.2) is 0 Å². The van der Waals surface area contributed by atoms with Gasteiger partial charge < -0.3 is 10.4 Å². The Morgan fingerprint density at radius 3 is 2.48 bits per heavy atom. The maximum Gasteiger partial charge on any atom is 0.308 e. The monoisotopic (exact) mass is 295 g/mol. The molecule has 21 heavy (non-hydrogen) atoms. The molecule has 1 aromatic rings. The molecule has 0 heterocycles. The van der Waals surface area contributed by atoms with E-state index in [4.69, 9.17) is 0 Å². The van der Waals surface area contributed by atoms with Crippen LogP contribution in [0.25, 0.3) is 0 Å². The molecule has 1 amide bonds. The van der Waals surface area contributed by atoms with Crippen LogP contribution in [0.3, 0.4) is 0 Å². The van der Waals surface area contributed by atoms with E-state index < -0.39 is 23.6 Å². The summed E-state index contributed by atoms with van der Waals surface area (Å²) in [5, 5.41) is 11.8. The van der Waals surface area contributed by atoms with Crippen molar-refractivity contribution in [1.29, 1.82) is 0 Å². The number of carboxylic acids is 1. The van der Waals surface area contributed by atoms with Crippen molar-refractivity contribution in [2.24, 2.45) is 11.3 Å². The van der Waals surface area contributed by atoms with Crippen molar-refractivity contribution in [3.63, 3.8) is 0 Å². The Balaban J connectivity index is 2.74. The molecule has 5 heteroatoms. The maximum absolute atomic E-state index is 13.2. The van der Waals surface area contributed by atoms with E-state index in [1.807, 2.05) is 20.8 Å². The van der Waals surface area contributed by atoms with Crippen LogP contribution in [-0.4, -0.2) is 23.5 Å². The van der Waals surface area contributed by atoms with Crippen molar-refractivity contribution in [1.82, 2.24) is 5.32 Å². The minimum absolute atomic E-state index is 0.0292. The van der Waals surface area contributed by atoms with Crippen molar-refractivity contribution in [3.8, 4) is 0 Å². The summed E-state index contributed by atoms with van der Waals surface area (Å²) in [6.45, 7) is 7.57. The van der Waals surface area contributed by atoms with Gasteiger partial charge in [-0.1, -0.05) is 26.8 Å². The second-order valence-corrected chi connectivity index (χ2v) is 6.47. The lowest BCUT2D eigenvalue weighted by atomic mass is 9.84. The number of aryl methyl sites for hydroxylation is 1. The topological polar surface area (TPSA) is 66.4 Å². The molecule has 2 N–H and O–H groups in total. The number of nitrogens with one attached hydrogen (secondary N) is 1. The van der Waals surface area contributed by atoms with Crippen molar-refractivity contribution < 1.29 is 19.1 Å². The first-order valence-electron chi connectivity index (χ1n) is 6.87. The van der Waals surface area contributed by atoms with E-state index in [1.165, 1.54) is 12.1 Å². The highest BCUT2D eigenvalue weighted by molar-refractivity contribution is 5.95. The largest absolute Gasteiger partial charge is 0.481 e. The number of aliphatic carboxylic acids is 1. The van der Waals surface area contributed by atoms with Gasteiger partial charge >= 0.3 is 5.97 Å². The Bertz CT molecular complexity index is 535. The van der Waals surface area contributed by atoms with Gasteiger partial charge in [0.2, 0.25) is 0 Å². The average molecular weight is 295 g/mol. The van der Waals surface area contributed by atoms with Crippen molar-refractivity contribution in [2.45, 2.75) is 34.1 Å². The number of rotatable bonds is 5. The van der Waals surface area contributed by atoms with E-state index in [0.29, 0.717) is 12.0 Å². The Hall–Kier alpha value is -1.91. The van der Waals surface area contributed by atoms with Gasteiger partial charge in [0.1, 0.15) is 5.82 Å². The zero-order valence-corrected chi connectivity index (χ0v) is 12.9. The van der Waals surface area contributed by atoms with Crippen LogP contribution in [0.1, 0.15) is 43.1 Å². The van der Waals surface area contributed by atoms with E-state index in [2.05, 4.69) is 5.32 Å². The predicted molar refractivity (Wildman–Crippen MR) is 78.7 cm³/mol. The van der Waals surface area contributed by atoms with E-state index in [-0.39, 0.29) is 17.5 Å². The minimum atomic E-state index is -0.943. The smallest absolute Gasteiger partial charge is 0.308 e. The lowest BCUT2D eigenvalue weighted by molar-refractivity contribution is -0.142. The number of benzene rings is 1. The van der Waals surface area contributed by atoms with E-state index >= 15 is 0 Å². The summed E-state index contributed by atoms with van der Waals surface area (Å²) in [7, 11) is 0. The zero-order chi connectivity index (χ0) is 16.2. The fraction of sp³-hybridized carbons (Fsp3) is 0.500. The third kappa shape index (κ3) is 5.53. The van der Waals surface area contributed by atoms with Gasteiger partial charge in [-0.15, -0.1) is 0 Å². The van der Waals surface area contributed by atoms with Gasteiger partial charge in [-0.05, 0) is 36.5 Å². The van der Waals surface area contributed by atoms with Crippen LogP contribution in [-0.2, 0) is 4.79 Å². The third-order valence-electron chi connectivity index (χ3n) is 3.16. The highest BCUT2D eigenvalue weighted by Crippen LogP contribution is 2.24. The van der Waals surface area contributed by atoms with Crippen LogP contribution >= 0.6 is 0 Å². The van der Waals surface area contributed by atoms with Gasteiger partial charge in [0.25, 0.3) is 5.91 Å². The second-order valence-electron chi connectivity index (χ2n) is 6.47. The van der Waals surface area contributed by atoms with Gasteiger partial charge in [-0.25, -0.2) is 4.39 Å². The van der Waals surface area contributed by atoms with E-state index in [0.717, 1.165) is 6.07 Å². The molecule has 1 unspecified atom stereocenters. The molecule has 0 aromatic heterocycles. The summed E-state index contributed by atoms with van der Waals surface area (Å²) >= 11 is 0. The highest BCUT2D eigenvalue weighted by atomic mass is 19.1. The summed E-state index contributed by atoms with van der Waals surface area (Å²) < 4.78 is 13.2. The Morgan fingerprint density at radius 1 is 1.33 bits per heavy atom. The van der Waals surface area contributed by atoms with Crippen molar-refractivity contribution in [3.05, 3.63) is 35.1 Å². The van der Waals surface area contributed by atoms with Gasteiger partial charge in [-0.2, -0.15) is 0 Å². The van der Waals surface area contributed by atoms with Gasteiger partial charge in [-0.3, -0.25) is 9.59 Å². The number of halogens is 1. The molecule has 0 aliphatic heterocycles. The molecule has 4 nitrogen and oxygen atoms in total. The van der Waals surface area contributed by atoms with E-state index in [1.54, 1.807) is 6.92 Å². The second kappa shape index (κ2) is 6.70. The molecule has 0 aliphatic carbocycles. The summed E-state index contributed by atoms with van der Waals surface area (Å²) in [6.07, 6.45) is 0.449. The van der Waals surface area contributed by atoms with Gasteiger partial charge in [0, 0.05) is 12.1 Å². The van der Waals surface area contributed by atoms with Crippen LogP contribution in [0, 0.1) is 24.1 Å². The standard InChI is InChI=1S/C16H22FNO3/c1-10-5-6-12(17)7-13(10)14(19)18-9-11(15(20)21)8-16(2,3)4/h5-7,11H,8-9H2,1-4H3,(H,18,19)(H,20,21). The Labute approximate surface area is 124 Å². The molecule has 0 radical (unpaired) electrons. The normalized spacial score (nSPS) is 12.8. The third-order valence-corrected chi connectivity index (χ3v) is 3.16. The molecule has 1 atom stereocenters. The van der Waals surface area contributed by atoms with Crippen LogP contribution in [0.5, 0.6) is 0 Å². The molecule has 0 saturated heterocycles. The van der Waals surface area contributed by atoms with Crippen LogP contribution in [0.2, 0.25) is 0 Å². The summed E-state index contributed by atoms with van der Waals surface area (Å²) in [5.74, 6) is -2.55. The number of amides is 1. The zero-order valence-electron chi connectivity index (χ0n) is 12.9. The molecule has 116 valence electrons. The van der Waals surface area contributed by atoms with Crippen LogP contribution in [0.15, 0.2) is 18.2 Å². The Morgan fingerprint density at radius 2 is 1.95 bits per heavy atom. The summed E-state index contributed by atoms with van der Waals surface area (Å²) in [4.78, 5) is 23.3. The number of carboxylic acid groups (broad SMARTS) is 1. The molecular weight excluding hydrogens is 273 g/mol. The average Bonchev–Trinajstić information content (AvgIpc) is 2.35. The maximum atomic E-state index is 13.2. The molecular formula is C16H22FNO3. The number of hydrogen-bond donors (Lipinski definition) is 2. The van der Waals surface area contributed by atoms with Crippen molar-refractivity contribution >= 4 is 11.9 Å². The van der Waals surface area contributed by atoms with Crippen molar-refractivity contribution in [2.75, 3.05) is 6.54 Å². The van der Waals surface area contributed by atoms with Crippen LogP contribution in [0.4, 0.5) is 4.39 Å². The molecule has 0 aliphatic rings. The van der Waals surface area contributed by atoms with Crippen LogP contribution < -0.4 is 5.32 Å². The first-order chi connectivity index (χ1) is 9.60. The molecule has 1 rings (SSSR count). The molecule has 0 bridgehead atoms.